The third-order valence-corrected chi connectivity index (χ3v) is 3.43. The van der Waals surface area contributed by atoms with E-state index in [1.807, 2.05) is 50.3 Å². The van der Waals surface area contributed by atoms with E-state index in [9.17, 15) is 0 Å². The molecule has 0 spiro atoms. The van der Waals surface area contributed by atoms with Crippen LogP contribution >= 0.6 is 0 Å². The maximum absolute atomic E-state index is 9.03. The molecule has 0 saturated carbocycles. The van der Waals surface area contributed by atoms with Gasteiger partial charge in [-0.3, -0.25) is 0 Å². The van der Waals surface area contributed by atoms with Gasteiger partial charge in [-0.25, -0.2) is 0 Å². The Morgan fingerprint density at radius 1 is 1.17 bits per heavy atom. The first-order chi connectivity index (χ1) is 10.9. The zero-order chi connectivity index (χ0) is 17.0. The molecule has 114 valence electrons. The standard InChI is InChI=1S/C19H17N3O/c1-12-4-5-15(18(22)6-12)7-13(2)19-9-16(8-14(3)23-19)17(10-20)11-21/h4-9H,22H2,1-3H3. The van der Waals surface area contributed by atoms with E-state index in [1.54, 1.807) is 19.1 Å². The molecule has 0 aromatic heterocycles. The van der Waals surface area contributed by atoms with E-state index in [2.05, 4.69) is 0 Å². The van der Waals surface area contributed by atoms with Crippen molar-refractivity contribution >= 4 is 11.8 Å². The molecule has 0 aliphatic carbocycles. The number of allylic oxidation sites excluding steroid dienone is 6. The number of benzene rings is 1. The first kappa shape index (κ1) is 16.1. The molecule has 2 rings (SSSR count). The van der Waals surface area contributed by atoms with Gasteiger partial charge in [0.1, 0.15) is 29.2 Å². The summed E-state index contributed by atoms with van der Waals surface area (Å²) < 4.78 is 5.71. The van der Waals surface area contributed by atoms with Crippen LogP contribution in [0, 0.1) is 29.6 Å². The van der Waals surface area contributed by atoms with E-state index in [-0.39, 0.29) is 5.57 Å². The minimum Gasteiger partial charge on any atom is -0.462 e. The van der Waals surface area contributed by atoms with Crippen LogP contribution in [0.3, 0.4) is 0 Å². The van der Waals surface area contributed by atoms with Gasteiger partial charge < -0.3 is 10.5 Å². The zero-order valence-electron chi connectivity index (χ0n) is 13.3. The molecule has 1 aromatic rings. The second kappa shape index (κ2) is 6.68. The van der Waals surface area contributed by atoms with Crippen molar-refractivity contribution in [2.24, 2.45) is 0 Å². The van der Waals surface area contributed by atoms with Crippen LogP contribution in [-0.2, 0) is 4.74 Å². The van der Waals surface area contributed by atoms with Crippen molar-refractivity contribution in [3.63, 3.8) is 0 Å². The molecule has 0 fully saturated rings. The van der Waals surface area contributed by atoms with E-state index < -0.39 is 0 Å². The number of nitrogens with zero attached hydrogens (tertiary/aromatic N) is 2. The molecule has 1 aliphatic rings. The highest BCUT2D eigenvalue weighted by Crippen LogP contribution is 2.28. The zero-order valence-corrected chi connectivity index (χ0v) is 13.3. The largest absolute Gasteiger partial charge is 0.462 e. The Morgan fingerprint density at radius 3 is 2.48 bits per heavy atom. The second-order valence-corrected chi connectivity index (χ2v) is 5.38. The van der Waals surface area contributed by atoms with Gasteiger partial charge in [0, 0.05) is 11.3 Å². The molecule has 0 saturated heterocycles. The maximum atomic E-state index is 9.03. The molecule has 0 bridgehead atoms. The molecule has 0 amide bonds. The van der Waals surface area contributed by atoms with Crippen LogP contribution < -0.4 is 5.73 Å². The lowest BCUT2D eigenvalue weighted by Crippen LogP contribution is -2.01. The summed E-state index contributed by atoms with van der Waals surface area (Å²) in [5, 5.41) is 18.1. The maximum Gasteiger partial charge on any atom is 0.137 e. The average molecular weight is 303 g/mol. The number of nitriles is 2. The highest BCUT2D eigenvalue weighted by Gasteiger charge is 2.13. The van der Waals surface area contributed by atoms with Gasteiger partial charge in [0.25, 0.3) is 0 Å². The van der Waals surface area contributed by atoms with Crippen molar-refractivity contribution in [1.29, 1.82) is 10.5 Å². The normalized spacial score (nSPS) is 14.1. The Kier molecular flexibility index (Phi) is 4.69. The lowest BCUT2D eigenvalue weighted by molar-refractivity contribution is 0.312. The fourth-order valence-electron chi connectivity index (χ4n) is 2.26. The number of rotatable bonds is 2. The minimum absolute atomic E-state index is 0.0628. The van der Waals surface area contributed by atoms with Gasteiger partial charge in [0.15, 0.2) is 0 Å². The van der Waals surface area contributed by atoms with Gasteiger partial charge >= 0.3 is 0 Å². The highest BCUT2D eigenvalue weighted by atomic mass is 16.5. The predicted octanol–water partition coefficient (Wildman–Crippen LogP) is 4.14. The molecule has 4 heteroatoms. The van der Waals surface area contributed by atoms with Crippen LogP contribution in [0.15, 0.2) is 58.6 Å². The summed E-state index contributed by atoms with van der Waals surface area (Å²) in [6, 6.07) is 9.66. The lowest BCUT2D eigenvalue weighted by Gasteiger charge is -2.17. The van der Waals surface area contributed by atoms with Gasteiger partial charge in [0.05, 0.1) is 0 Å². The molecule has 4 nitrogen and oxygen atoms in total. The Bertz CT molecular complexity index is 840. The summed E-state index contributed by atoms with van der Waals surface area (Å²) in [6.07, 6.45) is 5.30. The smallest absolute Gasteiger partial charge is 0.137 e. The van der Waals surface area contributed by atoms with Gasteiger partial charge in [-0.05, 0) is 61.8 Å². The number of nitrogens with two attached hydrogens (primary N) is 1. The molecular formula is C19H17N3O. The molecule has 0 atom stereocenters. The number of ether oxygens (including phenoxy) is 1. The van der Waals surface area contributed by atoms with E-state index in [4.69, 9.17) is 21.0 Å². The fourth-order valence-corrected chi connectivity index (χ4v) is 2.26. The Hall–Kier alpha value is -3.24. The van der Waals surface area contributed by atoms with Gasteiger partial charge in [-0.15, -0.1) is 0 Å². The number of nitrogen functional groups attached to an aromatic ring is 1. The van der Waals surface area contributed by atoms with Crippen LogP contribution in [0.25, 0.3) is 6.08 Å². The Morgan fingerprint density at radius 2 is 1.87 bits per heavy atom. The van der Waals surface area contributed by atoms with Crippen molar-refractivity contribution in [2.75, 3.05) is 5.73 Å². The van der Waals surface area contributed by atoms with E-state index in [1.165, 1.54) is 0 Å². The van der Waals surface area contributed by atoms with E-state index in [0.717, 1.165) is 16.7 Å². The van der Waals surface area contributed by atoms with Crippen LogP contribution in [-0.4, -0.2) is 0 Å². The lowest BCUT2D eigenvalue weighted by atomic mass is 10.0. The Balaban J connectivity index is 2.45. The van der Waals surface area contributed by atoms with E-state index in [0.29, 0.717) is 22.8 Å². The summed E-state index contributed by atoms with van der Waals surface area (Å²) in [5.41, 5.74) is 10.2. The van der Waals surface area contributed by atoms with Crippen LogP contribution in [0.2, 0.25) is 0 Å². The van der Waals surface area contributed by atoms with Gasteiger partial charge in [-0.1, -0.05) is 12.1 Å². The third-order valence-electron chi connectivity index (χ3n) is 3.43. The third kappa shape index (κ3) is 3.70. The molecule has 1 aliphatic heterocycles. The van der Waals surface area contributed by atoms with Crippen molar-refractivity contribution in [3.05, 3.63) is 69.7 Å². The highest BCUT2D eigenvalue weighted by molar-refractivity contribution is 5.69. The minimum atomic E-state index is 0.0628. The SMILES string of the molecule is CC1=CC(=C(C#N)C#N)C=C(C(C)=Cc2ccc(C)cc2N)O1. The van der Waals surface area contributed by atoms with Gasteiger partial charge in [0.2, 0.25) is 0 Å². The van der Waals surface area contributed by atoms with Gasteiger partial charge in [-0.2, -0.15) is 10.5 Å². The molecule has 23 heavy (non-hydrogen) atoms. The topological polar surface area (TPSA) is 82.8 Å². The number of hydrogen-bond acceptors (Lipinski definition) is 4. The predicted molar refractivity (Wildman–Crippen MR) is 90.4 cm³/mol. The second-order valence-electron chi connectivity index (χ2n) is 5.38. The number of anilines is 1. The first-order valence-corrected chi connectivity index (χ1v) is 7.11. The van der Waals surface area contributed by atoms with Crippen molar-refractivity contribution in [1.82, 2.24) is 0 Å². The van der Waals surface area contributed by atoms with E-state index >= 15 is 0 Å². The molecular weight excluding hydrogens is 286 g/mol. The average Bonchev–Trinajstić information content (AvgIpc) is 2.50. The molecule has 0 unspecified atom stereocenters. The molecule has 1 aromatic carbocycles. The summed E-state index contributed by atoms with van der Waals surface area (Å²) in [5.74, 6) is 1.23. The summed E-state index contributed by atoms with van der Waals surface area (Å²) in [7, 11) is 0. The summed E-state index contributed by atoms with van der Waals surface area (Å²) >= 11 is 0. The molecule has 2 N–H and O–H groups in total. The monoisotopic (exact) mass is 303 g/mol. The summed E-state index contributed by atoms with van der Waals surface area (Å²) in [4.78, 5) is 0. The van der Waals surface area contributed by atoms with Crippen LogP contribution in [0.5, 0.6) is 0 Å². The molecule has 1 heterocycles. The number of hydrogen-bond donors (Lipinski definition) is 1. The van der Waals surface area contributed by atoms with Crippen LogP contribution in [0.1, 0.15) is 25.0 Å². The first-order valence-electron chi connectivity index (χ1n) is 7.11. The van der Waals surface area contributed by atoms with Crippen molar-refractivity contribution in [2.45, 2.75) is 20.8 Å². The fraction of sp³-hybridized carbons (Fsp3) is 0.158. The summed E-state index contributed by atoms with van der Waals surface area (Å²) in [6.45, 7) is 5.67. The van der Waals surface area contributed by atoms with Crippen LogP contribution in [0.4, 0.5) is 5.69 Å². The van der Waals surface area contributed by atoms with Crippen molar-refractivity contribution in [3.8, 4) is 12.1 Å². The Labute approximate surface area is 136 Å². The number of aryl methyl sites for hydroxylation is 1. The molecule has 0 radical (unpaired) electrons. The quantitative estimate of drug-likeness (QED) is 0.657. The van der Waals surface area contributed by atoms with Crippen molar-refractivity contribution < 1.29 is 4.74 Å².